The number of hydrogen-bond acceptors (Lipinski definition) is 3. The summed E-state index contributed by atoms with van der Waals surface area (Å²) < 4.78 is 0. The van der Waals surface area contributed by atoms with Gasteiger partial charge in [-0.15, -0.1) is 0 Å². The standard InChI is InChI=1S/C16H24N4/c1-11(2)10-20(13-5-3-4-6-13)16-18-14-8-7-12(17)9-15(14)19-16/h7-9,11,13H,3-6,10,17H2,1-2H3,(H,18,19). The number of benzene rings is 1. The fraction of sp³-hybridized carbons (Fsp3) is 0.562. The molecule has 0 amide bonds. The van der Waals surface area contributed by atoms with Gasteiger partial charge in [-0.2, -0.15) is 0 Å². The van der Waals surface area contributed by atoms with Crippen molar-refractivity contribution in [1.29, 1.82) is 0 Å². The molecule has 0 unspecified atom stereocenters. The van der Waals surface area contributed by atoms with Crippen LogP contribution in [0.4, 0.5) is 11.6 Å². The SMILES string of the molecule is CC(C)CN(c1nc2ccc(N)cc2[nH]1)C1CCCC1. The maximum absolute atomic E-state index is 5.85. The highest BCUT2D eigenvalue weighted by molar-refractivity contribution is 5.80. The molecule has 1 aliphatic carbocycles. The van der Waals surface area contributed by atoms with Crippen LogP contribution in [0, 0.1) is 5.92 Å². The lowest BCUT2D eigenvalue weighted by atomic mass is 10.1. The third-order valence-electron chi connectivity index (χ3n) is 4.09. The summed E-state index contributed by atoms with van der Waals surface area (Å²) in [5.41, 5.74) is 8.67. The average Bonchev–Trinajstić information content (AvgIpc) is 3.04. The second-order valence-electron chi connectivity index (χ2n) is 6.32. The Balaban J connectivity index is 1.94. The van der Waals surface area contributed by atoms with Gasteiger partial charge in [-0.3, -0.25) is 0 Å². The van der Waals surface area contributed by atoms with Crippen LogP contribution in [0.2, 0.25) is 0 Å². The molecule has 0 spiro atoms. The van der Waals surface area contributed by atoms with E-state index in [1.54, 1.807) is 0 Å². The minimum absolute atomic E-state index is 0.633. The summed E-state index contributed by atoms with van der Waals surface area (Å²) >= 11 is 0. The third kappa shape index (κ3) is 2.60. The second-order valence-corrected chi connectivity index (χ2v) is 6.32. The summed E-state index contributed by atoms with van der Waals surface area (Å²) in [5.74, 6) is 1.64. The van der Waals surface area contributed by atoms with Crippen LogP contribution in [-0.4, -0.2) is 22.6 Å². The van der Waals surface area contributed by atoms with E-state index in [0.29, 0.717) is 12.0 Å². The summed E-state index contributed by atoms with van der Waals surface area (Å²) in [6, 6.07) is 6.51. The molecule has 1 aromatic carbocycles. The van der Waals surface area contributed by atoms with Crippen molar-refractivity contribution in [2.75, 3.05) is 17.2 Å². The first-order valence-electron chi connectivity index (χ1n) is 7.65. The van der Waals surface area contributed by atoms with E-state index in [2.05, 4.69) is 23.7 Å². The van der Waals surface area contributed by atoms with Crippen molar-refractivity contribution in [3.63, 3.8) is 0 Å². The van der Waals surface area contributed by atoms with E-state index in [1.165, 1.54) is 25.7 Å². The number of H-pyrrole nitrogens is 1. The lowest BCUT2D eigenvalue weighted by molar-refractivity contribution is 0.528. The van der Waals surface area contributed by atoms with Crippen LogP contribution < -0.4 is 10.6 Å². The highest BCUT2D eigenvalue weighted by atomic mass is 15.3. The molecule has 0 bridgehead atoms. The number of imidazole rings is 1. The van der Waals surface area contributed by atoms with Gasteiger partial charge >= 0.3 is 0 Å². The Bertz CT molecular complexity index is 581. The van der Waals surface area contributed by atoms with Crippen LogP contribution in [0.3, 0.4) is 0 Å². The van der Waals surface area contributed by atoms with Crippen LogP contribution in [-0.2, 0) is 0 Å². The zero-order valence-corrected chi connectivity index (χ0v) is 12.4. The first-order chi connectivity index (χ1) is 9.63. The highest BCUT2D eigenvalue weighted by Gasteiger charge is 2.25. The van der Waals surface area contributed by atoms with Gasteiger partial charge in [0.15, 0.2) is 0 Å². The molecule has 1 saturated carbocycles. The van der Waals surface area contributed by atoms with Gasteiger partial charge in [-0.05, 0) is 37.0 Å². The monoisotopic (exact) mass is 272 g/mol. The molecule has 0 aliphatic heterocycles. The number of anilines is 2. The minimum Gasteiger partial charge on any atom is -0.399 e. The van der Waals surface area contributed by atoms with Gasteiger partial charge in [-0.1, -0.05) is 26.7 Å². The minimum atomic E-state index is 0.633. The van der Waals surface area contributed by atoms with Crippen LogP contribution in [0.15, 0.2) is 18.2 Å². The molecule has 0 radical (unpaired) electrons. The van der Waals surface area contributed by atoms with Crippen LogP contribution in [0.25, 0.3) is 11.0 Å². The predicted octanol–water partition coefficient (Wildman–Crippen LogP) is 3.55. The molecule has 108 valence electrons. The predicted molar refractivity (Wildman–Crippen MR) is 84.9 cm³/mol. The third-order valence-corrected chi connectivity index (χ3v) is 4.09. The van der Waals surface area contributed by atoms with E-state index < -0.39 is 0 Å². The number of aromatic amines is 1. The molecular formula is C16H24N4. The number of nitrogens with two attached hydrogens (primary N) is 1. The average molecular weight is 272 g/mol. The van der Waals surface area contributed by atoms with Crippen molar-refractivity contribution in [3.8, 4) is 0 Å². The Morgan fingerprint density at radius 3 is 2.80 bits per heavy atom. The van der Waals surface area contributed by atoms with Crippen molar-refractivity contribution in [1.82, 2.24) is 9.97 Å². The number of nitrogen functional groups attached to an aromatic ring is 1. The fourth-order valence-electron chi connectivity index (χ4n) is 3.17. The van der Waals surface area contributed by atoms with Gasteiger partial charge in [0, 0.05) is 18.3 Å². The number of aromatic nitrogens is 2. The number of nitrogens with zero attached hydrogens (tertiary/aromatic N) is 2. The molecule has 20 heavy (non-hydrogen) atoms. The molecule has 1 aromatic heterocycles. The van der Waals surface area contributed by atoms with Gasteiger partial charge < -0.3 is 15.6 Å². The first kappa shape index (κ1) is 13.3. The Morgan fingerprint density at radius 2 is 2.10 bits per heavy atom. The van der Waals surface area contributed by atoms with Crippen molar-refractivity contribution in [2.45, 2.75) is 45.6 Å². The van der Waals surface area contributed by atoms with Crippen LogP contribution in [0.5, 0.6) is 0 Å². The molecule has 0 atom stereocenters. The maximum Gasteiger partial charge on any atom is 0.204 e. The molecule has 0 saturated heterocycles. The van der Waals surface area contributed by atoms with Crippen LogP contribution >= 0.6 is 0 Å². The van der Waals surface area contributed by atoms with Crippen molar-refractivity contribution < 1.29 is 0 Å². The van der Waals surface area contributed by atoms with Crippen molar-refractivity contribution in [2.24, 2.45) is 5.92 Å². The first-order valence-corrected chi connectivity index (χ1v) is 7.65. The molecular weight excluding hydrogens is 248 g/mol. The Morgan fingerprint density at radius 1 is 1.35 bits per heavy atom. The second kappa shape index (κ2) is 5.35. The Kier molecular flexibility index (Phi) is 3.55. The van der Waals surface area contributed by atoms with Gasteiger partial charge in [0.2, 0.25) is 5.95 Å². The van der Waals surface area contributed by atoms with Crippen molar-refractivity contribution >= 4 is 22.7 Å². The summed E-state index contributed by atoms with van der Waals surface area (Å²) in [4.78, 5) is 10.7. The van der Waals surface area contributed by atoms with E-state index >= 15 is 0 Å². The summed E-state index contributed by atoms with van der Waals surface area (Å²) in [6.07, 6.45) is 5.25. The fourth-order valence-corrected chi connectivity index (χ4v) is 3.17. The highest BCUT2D eigenvalue weighted by Crippen LogP contribution is 2.29. The van der Waals surface area contributed by atoms with E-state index in [-0.39, 0.29) is 0 Å². The van der Waals surface area contributed by atoms with Gasteiger partial charge in [0.1, 0.15) is 0 Å². The smallest absolute Gasteiger partial charge is 0.204 e. The van der Waals surface area contributed by atoms with Gasteiger partial charge in [0.25, 0.3) is 0 Å². The molecule has 1 aliphatic rings. The molecule has 2 aromatic rings. The van der Waals surface area contributed by atoms with E-state index in [1.807, 2.05) is 18.2 Å². The molecule has 3 N–H and O–H groups in total. The molecule has 4 heteroatoms. The number of rotatable bonds is 4. The number of hydrogen-bond donors (Lipinski definition) is 2. The lowest BCUT2D eigenvalue weighted by Crippen LogP contribution is -2.37. The topological polar surface area (TPSA) is 57.9 Å². The largest absolute Gasteiger partial charge is 0.399 e. The quantitative estimate of drug-likeness (QED) is 0.837. The van der Waals surface area contributed by atoms with Crippen LogP contribution in [0.1, 0.15) is 39.5 Å². The number of nitrogens with one attached hydrogen (secondary N) is 1. The Labute approximate surface area is 120 Å². The zero-order valence-electron chi connectivity index (χ0n) is 12.4. The molecule has 4 nitrogen and oxygen atoms in total. The summed E-state index contributed by atoms with van der Waals surface area (Å²) in [7, 11) is 0. The van der Waals surface area contributed by atoms with Gasteiger partial charge in [0.05, 0.1) is 11.0 Å². The zero-order chi connectivity index (χ0) is 14.1. The van der Waals surface area contributed by atoms with Gasteiger partial charge in [-0.25, -0.2) is 4.98 Å². The summed E-state index contributed by atoms with van der Waals surface area (Å²) in [5, 5.41) is 0. The summed E-state index contributed by atoms with van der Waals surface area (Å²) in [6.45, 7) is 5.59. The normalized spacial score (nSPS) is 16.4. The molecule has 3 rings (SSSR count). The maximum atomic E-state index is 5.85. The Hall–Kier alpha value is -1.71. The lowest BCUT2D eigenvalue weighted by Gasteiger charge is -2.30. The molecule has 1 heterocycles. The molecule has 1 fully saturated rings. The number of fused-ring (bicyclic) bond motifs is 1. The van der Waals surface area contributed by atoms with E-state index in [4.69, 9.17) is 10.7 Å². The van der Waals surface area contributed by atoms with E-state index in [9.17, 15) is 0 Å². The van der Waals surface area contributed by atoms with Crippen molar-refractivity contribution in [3.05, 3.63) is 18.2 Å². The van der Waals surface area contributed by atoms with E-state index in [0.717, 1.165) is 29.2 Å².